The second kappa shape index (κ2) is 4.57. The quantitative estimate of drug-likeness (QED) is 0.663. The Morgan fingerprint density at radius 1 is 1.20 bits per heavy atom. The van der Waals surface area contributed by atoms with Crippen LogP contribution in [0.3, 0.4) is 0 Å². The lowest BCUT2D eigenvalue weighted by molar-refractivity contribution is 0.775. The SMILES string of the molecule is Clc1ccc2nc(-c3cncc(Br)c3)n(C3CC3)c2c1. The van der Waals surface area contributed by atoms with E-state index in [4.69, 9.17) is 16.6 Å². The van der Waals surface area contributed by atoms with E-state index in [1.807, 2.05) is 24.4 Å². The zero-order valence-electron chi connectivity index (χ0n) is 10.6. The molecule has 4 rings (SSSR count). The van der Waals surface area contributed by atoms with Gasteiger partial charge >= 0.3 is 0 Å². The zero-order chi connectivity index (χ0) is 13.7. The number of hydrogen-bond donors (Lipinski definition) is 0. The van der Waals surface area contributed by atoms with Crippen molar-refractivity contribution >= 4 is 38.6 Å². The summed E-state index contributed by atoms with van der Waals surface area (Å²) in [7, 11) is 0. The zero-order valence-corrected chi connectivity index (χ0v) is 12.9. The lowest BCUT2D eigenvalue weighted by atomic mass is 10.2. The van der Waals surface area contributed by atoms with Gasteiger partial charge in [0.15, 0.2) is 0 Å². The van der Waals surface area contributed by atoms with E-state index in [1.54, 1.807) is 6.20 Å². The molecule has 1 aliphatic carbocycles. The fourth-order valence-corrected chi connectivity index (χ4v) is 3.04. The van der Waals surface area contributed by atoms with Crippen molar-refractivity contribution < 1.29 is 0 Å². The largest absolute Gasteiger partial charge is 0.321 e. The Labute approximate surface area is 129 Å². The minimum Gasteiger partial charge on any atom is -0.321 e. The van der Waals surface area contributed by atoms with Gasteiger partial charge in [0.05, 0.1) is 11.0 Å². The second-order valence-electron chi connectivity index (χ2n) is 5.06. The van der Waals surface area contributed by atoms with Gasteiger partial charge in [-0.3, -0.25) is 4.98 Å². The van der Waals surface area contributed by atoms with Crippen LogP contribution in [0.15, 0.2) is 41.1 Å². The van der Waals surface area contributed by atoms with Gasteiger partial charge in [0.1, 0.15) is 5.82 Å². The smallest absolute Gasteiger partial charge is 0.142 e. The minimum absolute atomic E-state index is 0.535. The summed E-state index contributed by atoms with van der Waals surface area (Å²) in [5.74, 6) is 0.971. The van der Waals surface area contributed by atoms with Gasteiger partial charge in [-0.25, -0.2) is 4.98 Å². The average molecular weight is 349 g/mol. The number of aromatic nitrogens is 3. The molecule has 1 aliphatic rings. The van der Waals surface area contributed by atoms with Gasteiger partial charge < -0.3 is 4.57 Å². The molecule has 0 N–H and O–H groups in total. The molecule has 0 saturated heterocycles. The summed E-state index contributed by atoms with van der Waals surface area (Å²) in [6.07, 6.45) is 6.04. The molecule has 1 fully saturated rings. The van der Waals surface area contributed by atoms with Crippen molar-refractivity contribution in [1.29, 1.82) is 0 Å². The third-order valence-corrected chi connectivity index (χ3v) is 4.20. The first kappa shape index (κ1) is 12.4. The molecule has 0 unspecified atom stereocenters. The van der Waals surface area contributed by atoms with E-state index in [2.05, 4.69) is 31.5 Å². The van der Waals surface area contributed by atoms with E-state index in [0.29, 0.717) is 6.04 Å². The Balaban J connectivity index is 2.01. The molecule has 0 atom stereocenters. The summed E-state index contributed by atoms with van der Waals surface area (Å²) in [6.45, 7) is 0. The van der Waals surface area contributed by atoms with Gasteiger partial charge in [-0.05, 0) is 53.0 Å². The standard InChI is InChI=1S/C15H11BrClN3/c16-10-5-9(7-18-8-10)15-19-13-4-1-11(17)6-14(13)20(15)12-2-3-12/h1,4-8,12H,2-3H2. The van der Waals surface area contributed by atoms with E-state index in [-0.39, 0.29) is 0 Å². The van der Waals surface area contributed by atoms with Crippen LogP contribution in [0.25, 0.3) is 22.4 Å². The predicted octanol–water partition coefficient (Wildman–Crippen LogP) is 4.85. The number of hydrogen-bond acceptors (Lipinski definition) is 2. The maximum atomic E-state index is 6.14. The fraction of sp³-hybridized carbons (Fsp3) is 0.200. The third-order valence-electron chi connectivity index (χ3n) is 3.53. The first-order valence-corrected chi connectivity index (χ1v) is 7.68. The number of rotatable bonds is 2. The van der Waals surface area contributed by atoms with Crippen LogP contribution in [-0.4, -0.2) is 14.5 Å². The number of benzene rings is 1. The Morgan fingerprint density at radius 2 is 2.05 bits per heavy atom. The van der Waals surface area contributed by atoms with Crippen LogP contribution in [0.4, 0.5) is 0 Å². The van der Waals surface area contributed by atoms with Crippen molar-refractivity contribution in [3.63, 3.8) is 0 Å². The minimum atomic E-state index is 0.535. The fourth-order valence-electron chi connectivity index (χ4n) is 2.51. The third kappa shape index (κ3) is 2.03. The van der Waals surface area contributed by atoms with E-state index >= 15 is 0 Å². The van der Waals surface area contributed by atoms with Crippen LogP contribution in [0.5, 0.6) is 0 Å². The normalized spacial score (nSPS) is 14.9. The van der Waals surface area contributed by atoms with Gasteiger partial charge in [-0.15, -0.1) is 0 Å². The highest BCUT2D eigenvalue weighted by Gasteiger charge is 2.28. The van der Waals surface area contributed by atoms with Crippen molar-refractivity contribution in [2.24, 2.45) is 0 Å². The van der Waals surface area contributed by atoms with Crippen molar-refractivity contribution in [3.05, 3.63) is 46.2 Å². The highest BCUT2D eigenvalue weighted by molar-refractivity contribution is 9.10. The molecule has 3 aromatic rings. The van der Waals surface area contributed by atoms with E-state index in [1.165, 1.54) is 12.8 Å². The highest BCUT2D eigenvalue weighted by Crippen LogP contribution is 2.41. The van der Waals surface area contributed by atoms with E-state index in [9.17, 15) is 0 Å². The summed E-state index contributed by atoms with van der Waals surface area (Å²) in [5.41, 5.74) is 3.12. The summed E-state index contributed by atoms with van der Waals surface area (Å²) in [4.78, 5) is 9.01. The lowest BCUT2D eigenvalue weighted by Gasteiger charge is -2.07. The first-order chi connectivity index (χ1) is 9.72. The Morgan fingerprint density at radius 3 is 2.80 bits per heavy atom. The van der Waals surface area contributed by atoms with Crippen LogP contribution >= 0.6 is 27.5 Å². The Hall–Kier alpha value is -1.39. The van der Waals surface area contributed by atoms with Gasteiger partial charge in [-0.1, -0.05) is 11.6 Å². The molecule has 0 spiro atoms. The predicted molar refractivity (Wildman–Crippen MR) is 83.9 cm³/mol. The van der Waals surface area contributed by atoms with Crippen molar-refractivity contribution in [2.45, 2.75) is 18.9 Å². The topological polar surface area (TPSA) is 30.7 Å². The molecule has 100 valence electrons. The van der Waals surface area contributed by atoms with Crippen molar-refractivity contribution in [2.75, 3.05) is 0 Å². The number of halogens is 2. The van der Waals surface area contributed by atoms with Gasteiger partial charge in [-0.2, -0.15) is 0 Å². The monoisotopic (exact) mass is 347 g/mol. The number of pyridine rings is 1. The highest BCUT2D eigenvalue weighted by atomic mass is 79.9. The number of imidazole rings is 1. The van der Waals surface area contributed by atoms with E-state index in [0.717, 1.165) is 31.9 Å². The van der Waals surface area contributed by atoms with Crippen molar-refractivity contribution in [1.82, 2.24) is 14.5 Å². The molecule has 1 aromatic carbocycles. The second-order valence-corrected chi connectivity index (χ2v) is 6.41. The Kier molecular flexibility index (Phi) is 2.82. The molecular formula is C15H11BrClN3. The van der Waals surface area contributed by atoms with Crippen LogP contribution in [0.1, 0.15) is 18.9 Å². The molecule has 20 heavy (non-hydrogen) atoms. The number of nitrogens with zero attached hydrogens (tertiary/aromatic N) is 3. The maximum Gasteiger partial charge on any atom is 0.142 e. The molecule has 5 heteroatoms. The molecule has 0 radical (unpaired) electrons. The molecule has 2 heterocycles. The number of fused-ring (bicyclic) bond motifs is 1. The molecule has 0 amide bonds. The Bertz CT molecular complexity index is 808. The van der Waals surface area contributed by atoms with Crippen LogP contribution in [-0.2, 0) is 0 Å². The van der Waals surface area contributed by atoms with E-state index < -0.39 is 0 Å². The summed E-state index contributed by atoms with van der Waals surface area (Å²) >= 11 is 9.61. The van der Waals surface area contributed by atoms with Crippen molar-refractivity contribution in [3.8, 4) is 11.4 Å². The summed E-state index contributed by atoms with van der Waals surface area (Å²) in [5, 5.41) is 0.748. The summed E-state index contributed by atoms with van der Waals surface area (Å²) < 4.78 is 3.26. The molecule has 1 saturated carbocycles. The van der Waals surface area contributed by atoms with Crippen LogP contribution in [0, 0.1) is 0 Å². The molecule has 0 aliphatic heterocycles. The average Bonchev–Trinajstić information content (AvgIpc) is 3.19. The molecular weight excluding hydrogens is 338 g/mol. The van der Waals surface area contributed by atoms with Gasteiger partial charge in [0.25, 0.3) is 0 Å². The summed E-state index contributed by atoms with van der Waals surface area (Å²) in [6, 6.07) is 8.45. The maximum absolute atomic E-state index is 6.14. The molecule has 3 nitrogen and oxygen atoms in total. The van der Waals surface area contributed by atoms with Gasteiger partial charge in [0.2, 0.25) is 0 Å². The molecule has 0 bridgehead atoms. The lowest BCUT2D eigenvalue weighted by Crippen LogP contribution is -1.97. The first-order valence-electron chi connectivity index (χ1n) is 6.51. The van der Waals surface area contributed by atoms with Crippen LogP contribution < -0.4 is 0 Å². The molecule has 2 aromatic heterocycles. The van der Waals surface area contributed by atoms with Crippen LogP contribution in [0.2, 0.25) is 5.02 Å². The van der Waals surface area contributed by atoms with Gasteiger partial charge in [0, 0.05) is 33.5 Å².